The van der Waals surface area contributed by atoms with E-state index in [2.05, 4.69) is 16.0 Å². The number of unbranched alkanes of at least 4 members (excludes halogenated alkanes) is 1. The van der Waals surface area contributed by atoms with Crippen LogP contribution in [0.15, 0.2) is 24.3 Å². The van der Waals surface area contributed by atoms with Gasteiger partial charge in [-0.25, -0.2) is 4.79 Å². The fraction of sp³-hybridized carbons (Fsp3) is 0.500. The highest BCUT2D eigenvalue weighted by Crippen LogP contribution is 2.13. The van der Waals surface area contributed by atoms with E-state index < -0.39 is 35.9 Å². The molecule has 7 N–H and O–H groups in total. The summed E-state index contributed by atoms with van der Waals surface area (Å²) in [6.45, 7) is 0.424. The molecule has 3 amide bonds. The van der Waals surface area contributed by atoms with E-state index >= 15 is 0 Å². The van der Waals surface area contributed by atoms with Crippen molar-refractivity contribution < 1.29 is 29.4 Å². The van der Waals surface area contributed by atoms with Gasteiger partial charge in [0.25, 0.3) is 0 Å². The molecule has 164 valence electrons. The molecule has 1 aliphatic rings. The number of carboxylic acid groups (broad SMARTS) is 1. The number of carbonyl (C=O) groups excluding carboxylic acids is 3. The van der Waals surface area contributed by atoms with Crippen LogP contribution in [-0.4, -0.2) is 58.6 Å². The van der Waals surface area contributed by atoms with Gasteiger partial charge in [0.1, 0.15) is 23.9 Å². The molecular weight excluding hydrogens is 392 g/mol. The summed E-state index contributed by atoms with van der Waals surface area (Å²) in [5.41, 5.74) is 6.10. The molecule has 2 rings (SSSR count). The number of phenolic OH excluding ortho intramolecular Hbond substituents is 1. The fourth-order valence-electron chi connectivity index (χ4n) is 3.18. The van der Waals surface area contributed by atoms with Crippen LogP contribution in [0.25, 0.3) is 0 Å². The Bertz CT molecular complexity index is 767. The van der Waals surface area contributed by atoms with Crippen LogP contribution in [-0.2, 0) is 25.6 Å². The lowest BCUT2D eigenvalue weighted by Gasteiger charge is -2.23. The average Bonchev–Trinajstić information content (AvgIpc) is 3.14. The number of benzene rings is 1. The van der Waals surface area contributed by atoms with Gasteiger partial charge in [0.15, 0.2) is 0 Å². The number of hydrogen-bond donors (Lipinski definition) is 6. The summed E-state index contributed by atoms with van der Waals surface area (Å²) in [5, 5.41) is 26.5. The van der Waals surface area contributed by atoms with E-state index in [1.165, 1.54) is 12.1 Å². The first-order valence-corrected chi connectivity index (χ1v) is 9.91. The molecule has 1 aromatic rings. The molecule has 0 bridgehead atoms. The van der Waals surface area contributed by atoms with Crippen molar-refractivity contribution in [3.05, 3.63) is 29.8 Å². The Kier molecular flexibility index (Phi) is 8.60. The van der Waals surface area contributed by atoms with Crippen molar-refractivity contribution in [2.24, 2.45) is 5.73 Å². The van der Waals surface area contributed by atoms with Gasteiger partial charge in [-0.3, -0.25) is 14.4 Å². The van der Waals surface area contributed by atoms with Crippen LogP contribution in [0.2, 0.25) is 0 Å². The van der Waals surface area contributed by atoms with Gasteiger partial charge in [-0.1, -0.05) is 12.1 Å². The van der Waals surface area contributed by atoms with Gasteiger partial charge in [0, 0.05) is 12.8 Å². The van der Waals surface area contributed by atoms with Crippen LogP contribution >= 0.6 is 0 Å². The summed E-state index contributed by atoms with van der Waals surface area (Å²) in [7, 11) is 0. The molecule has 0 spiro atoms. The molecule has 0 radical (unpaired) electrons. The first-order chi connectivity index (χ1) is 14.3. The zero-order valence-corrected chi connectivity index (χ0v) is 16.6. The SMILES string of the molecule is NCCCCC(NC(=O)C(Cc1ccc(O)cc1)NC(=O)C1CCC(=O)N1)C(=O)O. The number of phenols is 1. The van der Waals surface area contributed by atoms with Crippen molar-refractivity contribution in [3.8, 4) is 5.75 Å². The molecule has 3 unspecified atom stereocenters. The van der Waals surface area contributed by atoms with Gasteiger partial charge >= 0.3 is 5.97 Å². The smallest absolute Gasteiger partial charge is 0.326 e. The molecule has 1 aliphatic heterocycles. The summed E-state index contributed by atoms with van der Waals surface area (Å²) in [6.07, 6.45) is 2.04. The van der Waals surface area contributed by atoms with Crippen molar-refractivity contribution >= 4 is 23.7 Å². The minimum Gasteiger partial charge on any atom is -0.508 e. The number of amides is 3. The minimum atomic E-state index is -1.17. The van der Waals surface area contributed by atoms with Crippen LogP contribution in [0.3, 0.4) is 0 Å². The zero-order valence-electron chi connectivity index (χ0n) is 16.6. The second-order valence-corrected chi connectivity index (χ2v) is 7.27. The lowest BCUT2D eigenvalue weighted by Crippen LogP contribution is -2.55. The predicted octanol–water partition coefficient (Wildman–Crippen LogP) is -0.603. The van der Waals surface area contributed by atoms with Crippen molar-refractivity contribution in [1.82, 2.24) is 16.0 Å². The third-order valence-corrected chi connectivity index (χ3v) is 4.88. The predicted molar refractivity (Wildman–Crippen MR) is 107 cm³/mol. The quantitative estimate of drug-likeness (QED) is 0.259. The molecule has 0 aliphatic carbocycles. The summed E-state index contributed by atoms with van der Waals surface area (Å²) >= 11 is 0. The number of nitrogens with one attached hydrogen (secondary N) is 3. The minimum absolute atomic E-state index is 0.0586. The van der Waals surface area contributed by atoms with Crippen LogP contribution < -0.4 is 21.7 Å². The molecule has 10 nitrogen and oxygen atoms in total. The third kappa shape index (κ3) is 7.03. The van der Waals surface area contributed by atoms with E-state index in [-0.39, 0.29) is 30.9 Å². The van der Waals surface area contributed by atoms with E-state index in [1.54, 1.807) is 12.1 Å². The van der Waals surface area contributed by atoms with Crippen LogP contribution in [0.4, 0.5) is 0 Å². The first-order valence-electron chi connectivity index (χ1n) is 9.91. The van der Waals surface area contributed by atoms with Crippen molar-refractivity contribution in [1.29, 1.82) is 0 Å². The average molecular weight is 420 g/mol. The van der Waals surface area contributed by atoms with E-state index in [9.17, 15) is 29.4 Å². The number of nitrogens with two attached hydrogens (primary N) is 1. The molecule has 1 saturated heterocycles. The molecule has 10 heteroatoms. The molecule has 1 fully saturated rings. The number of aliphatic carboxylic acids is 1. The Morgan fingerprint density at radius 2 is 1.83 bits per heavy atom. The van der Waals surface area contributed by atoms with Crippen molar-refractivity contribution in [2.45, 2.75) is 56.7 Å². The molecular formula is C20H28N4O6. The van der Waals surface area contributed by atoms with Crippen LogP contribution in [0.1, 0.15) is 37.7 Å². The molecule has 1 heterocycles. The Balaban J connectivity index is 2.10. The normalized spacial score (nSPS) is 17.6. The second kappa shape index (κ2) is 11.1. The molecule has 0 aromatic heterocycles. The summed E-state index contributed by atoms with van der Waals surface area (Å²) < 4.78 is 0. The summed E-state index contributed by atoms with van der Waals surface area (Å²) in [5.74, 6) is -2.49. The Labute approximate surface area is 174 Å². The zero-order chi connectivity index (χ0) is 22.1. The molecule has 1 aromatic carbocycles. The standard InChI is InChI=1S/C20H28N4O6/c21-10-2-1-3-15(20(29)30)23-19(28)16(11-12-4-6-13(25)7-5-12)24-18(27)14-8-9-17(26)22-14/h4-7,14-16,25H,1-3,8-11,21H2,(H,22,26)(H,23,28)(H,24,27)(H,29,30). The van der Waals surface area contributed by atoms with Crippen molar-refractivity contribution in [3.63, 3.8) is 0 Å². The number of rotatable bonds is 11. The van der Waals surface area contributed by atoms with E-state index in [1.807, 2.05) is 0 Å². The van der Waals surface area contributed by atoms with Gasteiger partial charge in [-0.2, -0.15) is 0 Å². The van der Waals surface area contributed by atoms with Gasteiger partial charge in [0.2, 0.25) is 17.7 Å². The lowest BCUT2D eigenvalue weighted by molar-refractivity contribution is -0.142. The van der Waals surface area contributed by atoms with Crippen LogP contribution in [0, 0.1) is 0 Å². The molecule has 3 atom stereocenters. The third-order valence-electron chi connectivity index (χ3n) is 4.88. The Hall–Kier alpha value is -3.14. The monoisotopic (exact) mass is 420 g/mol. The van der Waals surface area contributed by atoms with E-state index in [0.29, 0.717) is 31.4 Å². The van der Waals surface area contributed by atoms with E-state index in [4.69, 9.17) is 5.73 Å². The second-order valence-electron chi connectivity index (χ2n) is 7.27. The Morgan fingerprint density at radius 3 is 2.40 bits per heavy atom. The topological polar surface area (TPSA) is 171 Å². The maximum absolute atomic E-state index is 12.8. The maximum atomic E-state index is 12.8. The number of aromatic hydroxyl groups is 1. The highest BCUT2D eigenvalue weighted by atomic mass is 16.4. The van der Waals surface area contributed by atoms with Crippen LogP contribution in [0.5, 0.6) is 5.75 Å². The summed E-state index contributed by atoms with van der Waals surface area (Å²) in [6, 6.07) is 3.24. The highest BCUT2D eigenvalue weighted by Gasteiger charge is 2.32. The number of carbonyl (C=O) groups is 4. The van der Waals surface area contributed by atoms with E-state index in [0.717, 1.165) is 0 Å². The van der Waals surface area contributed by atoms with Gasteiger partial charge in [-0.15, -0.1) is 0 Å². The fourth-order valence-corrected chi connectivity index (χ4v) is 3.18. The lowest BCUT2D eigenvalue weighted by atomic mass is 10.0. The summed E-state index contributed by atoms with van der Waals surface area (Å²) in [4.78, 5) is 48.2. The van der Waals surface area contributed by atoms with Gasteiger partial charge in [-0.05, 0) is 49.9 Å². The Morgan fingerprint density at radius 1 is 1.13 bits per heavy atom. The molecule has 0 saturated carbocycles. The number of carboxylic acids is 1. The first kappa shape index (κ1) is 23.1. The maximum Gasteiger partial charge on any atom is 0.326 e. The van der Waals surface area contributed by atoms with Gasteiger partial charge < -0.3 is 31.9 Å². The number of hydrogen-bond acceptors (Lipinski definition) is 6. The molecule has 30 heavy (non-hydrogen) atoms. The van der Waals surface area contributed by atoms with Crippen molar-refractivity contribution in [2.75, 3.05) is 6.54 Å². The highest BCUT2D eigenvalue weighted by molar-refractivity contribution is 5.95. The van der Waals surface area contributed by atoms with Gasteiger partial charge in [0.05, 0.1) is 0 Å². The largest absolute Gasteiger partial charge is 0.508 e.